The van der Waals surface area contributed by atoms with Gasteiger partial charge < -0.3 is 5.11 Å². The van der Waals surface area contributed by atoms with Gasteiger partial charge >= 0.3 is 5.97 Å². The van der Waals surface area contributed by atoms with Crippen LogP contribution in [0.15, 0.2) is 15.7 Å². The molecule has 2 aromatic rings. The first kappa shape index (κ1) is 14.5. The second kappa shape index (κ2) is 4.91. The molecule has 2 N–H and O–H groups in total. The third-order valence-electron chi connectivity index (χ3n) is 2.83. The summed E-state index contributed by atoms with van der Waals surface area (Å²) in [5, 5.41) is 14.2. The number of aromatic carboxylic acids is 1. The molecule has 20 heavy (non-hydrogen) atoms. The maximum Gasteiger partial charge on any atom is 0.336 e. The molecule has 2 heterocycles. The number of hydrogen-bond donors (Lipinski definition) is 2. The Hall–Kier alpha value is -1.87. The second-order valence-corrected chi connectivity index (χ2v) is 7.05. The van der Waals surface area contributed by atoms with Crippen LogP contribution in [0.5, 0.6) is 0 Å². The lowest BCUT2D eigenvalue weighted by Crippen LogP contribution is -2.13. The number of rotatable bonds is 4. The van der Waals surface area contributed by atoms with Crippen LogP contribution in [0.1, 0.15) is 21.7 Å². The van der Waals surface area contributed by atoms with Crippen molar-refractivity contribution in [2.75, 3.05) is 4.72 Å². The minimum absolute atomic E-state index is 0.0439. The summed E-state index contributed by atoms with van der Waals surface area (Å²) < 4.78 is 28.4. The number of nitrogens with one attached hydrogen (secondary N) is 1. The predicted octanol–water partition coefficient (Wildman–Crippen LogP) is 1.60. The Morgan fingerprint density at radius 2 is 2.10 bits per heavy atom. The maximum absolute atomic E-state index is 12.2. The average molecular weight is 315 g/mol. The molecule has 0 aromatic carbocycles. The van der Waals surface area contributed by atoms with Crippen LogP contribution in [-0.2, 0) is 17.1 Å². The zero-order chi connectivity index (χ0) is 15.1. The van der Waals surface area contributed by atoms with Crippen LogP contribution in [-0.4, -0.2) is 29.3 Å². The summed E-state index contributed by atoms with van der Waals surface area (Å²) in [5.74, 6) is -1.16. The van der Waals surface area contributed by atoms with E-state index in [0.29, 0.717) is 17.1 Å². The number of sulfonamides is 1. The van der Waals surface area contributed by atoms with E-state index in [1.807, 2.05) is 0 Å². The molecule has 0 saturated carbocycles. The van der Waals surface area contributed by atoms with Gasteiger partial charge in [0.15, 0.2) is 0 Å². The van der Waals surface area contributed by atoms with Crippen LogP contribution in [0, 0.1) is 13.8 Å². The van der Waals surface area contributed by atoms with Crippen LogP contribution < -0.4 is 4.72 Å². The van der Waals surface area contributed by atoms with Gasteiger partial charge in [-0.2, -0.15) is 5.10 Å². The lowest BCUT2D eigenvalue weighted by molar-refractivity contribution is 0.0697. The molecule has 0 radical (unpaired) electrons. The summed E-state index contributed by atoms with van der Waals surface area (Å²) in [7, 11) is -2.09. The molecular formula is C11H13N3O4S2. The van der Waals surface area contributed by atoms with Crippen molar-refractivity contribution in [3.8, 4) is 0 Å². The third-order valence-corrected chi connectivity index (χ3v) is 5.62. The van der Waals surface area contributed by atoms with Gasteiger partial charge in [-0.15, -0.1) is 11.3 Å². The molecule has 0 aliphatic carbocycles. The summed E-state index contributed by atoms with van der Waals surface area (Å²) in [6.45, 7) is 3.44. The van der Waals surface area contributed by atoms with Crippen molar-refractivity contribution in [2.24, 2.45) is 7.05 Å². The van der Waals surface area contributed by atoms with Crippen LogP contribution in [0.4, 0.5) is 5.69 Å². The molecule has 7 nitrogen and oxygen atoms in total. The molecule has 108 valence electrons. The molecule has 0 atom stereocenters. The highest BCUT2D eigenvalue weighted by molar-refractivity contribution is 7.94. The van der Waals surface area contributed by atoms with Crippen molar-refractivity contribution in [2.45, 2.75) is 18.1 Å². The molecule has 0 unspecified atom stereocenters. The normalized spacial score (nSPS) is 11.6. The molecule has 0 amide bonds. The quantitative estimate of drug-likeness (QED) is 0.892. The van der Waals surface area contributed by atoms with E-state index in [4.69, 9.17) is 5.11 Å². The molecule has 0 aliphatic rings. The predicted molar refractivity (Wildman–Crippen MR) is 74.8 cm³/mol. The van der Waals surface area contributed by atoms with E-state index < -0.39 is 16.0 Å². The van der Waals surface area contributed by atoms with Gasteiger partial charge in [-0.3, -0.25) is 9.40 Å². The SMILES string of the molecule is Cc1nn(C)c(C)c1NS(=O)(=O)c1cc(C(=O)O)cs1. The Morgan fingerprint density at radius 3 is 2.55 bits per heavy atom. The summed E-state index contributed by atoms with van der Waals surface area (Å²) >= 11 is 0.864. The van der Waals surface area contributed by atoms with E-state index >= 15 is 0 Å². The largest absolute Gasteiger partial charge is 0.478 e. The van der Waals surface area contributed by atoms with Crippen LogP contribution >= 0.6 is 11.3 Å². The van der Waals surface area contributed by atoms with Crippen LogP contribution in [0.3, 0.4) is 0 Å². The first-order valence-electron chi connectivity index (χ1n) is 5.57. The number of carboxylic acid groups (broad SMARTS) is 1. The Bertz CT molecular complexity index is 774. The number of nitrogens with zero attached hydrogens (tertiary/aromatic N) is 2. The highest BCUT2D eigenvalue weighted by Crippen LogP contribution is 2.26. The zero-order valence-corrected chi connectivity index (χ0v) is 12.7. The van der Waals surface area contributed by atoms with Crippen molar-refractivity contribution in [1.29, 1.82) is 0 Å². The van der Waals surface area contributed by atoms with Crippen LogP contribution in [0.25, 0.3) is 0 Å². The van der Waals surface area contributed by atoms with E-state index in [1.165, 1.54) is 5.38 Å². The highest BCUT2D eigenvalue weighted by atomic mass is 32.2. The average Bonchev–Trinajstić information content (AvgIpc) is 2.92. The van der Waals surface area contributed by atoms with Gasteiger partial charge in [0.05, 0.1) is 22.6 Å². The summed E-state index contributed by atoms with van der Waals surface area (Å²) in [6.07, 6.45) is 0. The standard InChI is InChI=1S/C11H13N3O4S2/c1-6-10(7(2)14(3)12-6)13-20(17,18)9-4-8(5-19-9)11(15)16/h4-5,13H,1-3H3,(H,15,16). The van der Waals surface area contributed by atoms with Crippen molar-refractivity contribution in [1.82, 2.24) is 9.78 Å². The molecule has 9 heteroatoms. The summed E-state index contributed by atoms with van der Waals surface area (Å²) in [5.41, 5.74) is 1.61. The summed E-state index contributed by atoms with van der Waals surface area (Å²) in [6, 6.07) is 1.14. The molecule has 2 rings (SSSR count). The Morgan fingerprint density at radius 1 is 1.45 bits per heavy atom. The number of aryl methyl sites for hydroxylation is 2. The van der Waals surface area contributed by atoms with Gasteiger partial charge in [0.25, 0.3) is 10.0 Å². The van der Waals surface area contributed by atoms with Crippen molar-refractivity contribution >= 4 is 33.0 Å². The van der Waals surface area contributed by atoms with Gasteiger partial charge in [0.2, 0.25) is 0 Å². The number of carbonyl (C=O) groups is 1. The Balaban J connectivity index is 2.38. The fraction of sp³-hybridized carbons (Fsp3) is 0.273. The van der Waals surface area contributed by atoms with Crippen LogP contribution in [0.2, 0.25) is 0 Å². The van der Waals surface area contributed by atoms with Gasteiger partial charge in [0, 0.05) is 12.4 Å². The smallest absolute Gasteiger partial charge is 0.336 e. The zero-order valence-electron chi connectivity index (χ0n) is 11.0. The number of thiophene rings is 1. The number of anilines is 1. The Kier molecular flexibility index (Phi) is 3.57. The second-order valence-electron chi connectivity index (χ2n) is 4.23. The molecule has 0 fully saturated rings. The minimum atomic E-state index is -3.81. The first-order valence-corrected chi connectivity index (χ1v) is 7.93. The molecule has 0 aliphatic heterocycles. The van der Waals surface area contributed by atoms with Crippen molar-refractivity contribution in [3.05, 3.63) is 28.4 Å². The first-order chi connectivity index (χ1) is 9.22. The third kappa shape index (κ3) is 2.54. The van der Waals surface area contributed by atoms with E-state index in [-0.39, 0.29) is 9.77 Å². The number of carboxylic acids is 1. The fourth-order valence-corrected chi connectivity index (χ4v) is 4.01. The van der Waals surface area contributed by atoms with E-state index in [1.54, 1.807) is 25.6 Å². The molecule has 0 saturated heterocycles. The number of hydrogen-bond acceptors (Lipinski definition) is 5. The lowest BCUT2D eigenvalue weighted by Gasteiger charge is -2.06. The van der Waals surface area contributed by atoms with Crippen molar-refractivity contribution < 1.29 is 18.3 Å². The summed E-state index contributed by atoms with van der Waals surface area (Å²) in [4.78, 5) is 10.8. The monoisotopic (exact) mass is 315 g/mol. The van der Waals surface area contributed by atoms with E-state index in [0.717, 1.165) is 17.4 Å². The lowest BCUT2D eigenvalue weighted by atomic mass is 10.3. The molecule has 0 spiro atoms. The van der Waals surface area contributed by atoms with Gasteiger partial charge in [0.1, 0.15) is 4.21 Å². The number of aromatic nitrogens is 2. The van der Waals surface area contributed by atoms with Crippen molar-refractivity contribution in [3.63, 3.8) is 0 Å². The van der Waals surface area contributed by atoms with Gasteiger partial charge in [-0.25, -0.2) is 13.2 Å². The van der Waals surface area contributed by atoms with E-state index in [2.05, 4.69) is 9.82 Å². The van der Waals surface area contributed by atoms with Gasteiger partial charge in [-0.05, 0) is 19.9 Å². The molecule has 2 aromatic heterocycles. The molecular weight excluding hydrogens is 302 g/mol. The fourth-order valence-electron chi connectivity index (χ4n) is 1.68. The minimum Gasteiger partial charge on any atom is -0.478 e. The molecule has 0 bridgehead atoms. The van der Waals surface area contributed by atoms with E-state index in [9.17, 15) is 13.2 Å². The Labute approximate surface area is 119 Å². The highest BCUT2D eigenvalue weighted by Gasteiger charge is 2.22. The topological polar surface area (TPSA) is 101 Å². The van der Waals surface area contributed by atoms with Gasteiger partial charge in [-0.1, -0.05) is 0 Å². The maximum atomic E-state index is 12.2.